The van der Waals surface area contributed by atoms with Crippen molar-refractivity contribution >= 4 is 39.2 Å². The van der Waals surface area contributed by atoms with Gasteiger partial charge in [-0.15, -0.1) is 11.3 Å². The van der Waals surface area contributed by atoms with Crippen LogP contribution in [0, 0.1) is 6.92 Å². The predicted molar refractivity (Wildman–Crippen MR) is 95.8 cm³/mol. The lowest BCUT2D eigenvalue weighted by molar-refractivity contribution is -0.120. The number of aromatic nitrogens is 2. The summed E-state index contributed by atoms with van der Waals surface area (Å²) in [6, 6.07) is 10.2. The summed E-state index contributed by atoms with van der Waals surface area (Å²) in [5.74, 6) is 0.0116. The fourth-order valence-electron chi connectivity index (χ4n) is 2.12. The molecule has 2 heterocycles. The number of rotatable bonds is 5. The molecule has 1 atom stereocenters. The van der Waals surface area contributed by atoms with Crippen LogP contribution in [0.15, 0.2) is 47.1 Å². The fraction of sp³-hybridized carbons (Fsp3) is 0.235. The van der Waals surface area contributed by atoms with Crippen LogP contribution >= 0.6 is 23.1 Å². The van der Waals surface area contributed by atoms with Crippen LogP contribution in [0.1, 0.15) is 18.1 Å². The molecule has 0 bridgehead atoms. The zero-order valence-corrected chi connectivity index (χ0v) is 14.6. The van der Waals surface area contributed by atoms with Gasteiger partial charge in [-0.1, -0.05) is 41.6 Å². The first-order valence-electron chi connectivity index (χ1n) is 7.31. The van der Waals surface area contributed by atoms with Gasteiger partial charge in [0.25, 0.3) is 0 Å². The number of nitrogens with one attached hydrogen (secondary N) is 1. The molecule has 23 heavy (non-hydrogen) atoms. The lowest BCUT2D eigenvalue weighted by Crippen LogP contribution is -2.30. The van der Waals surface area contributed by atoms with E-state index in [0.29, 0.717) is 6.54 Å². The van der Waals surface area contributed by atoms with Gasteiger partial charge in [-0.25, -0.2) is 9.97 Å². The molecule has 4 nitrogen and oxygen atoms in total. The molecule has 0 aliphatic heterocycles. The Kier molecular flexibility index (Phi) is 4.93. The summed E-state index contributed by atoms with van der Waals surface area (Å²) in [7, 11) is 0. The van der Waals surface area contributed by atoms with Crippen molar-refractivity contribution in [2.75, 3.05) is 0 Å². The minimum absolute atomic E-state index is 0.0116. The summed E-state index contributed by atoms with van der Waals surface area (Å²) in [5, 5.41) is 6.63. The monoisotopic (exact) mass is 343 g/mol. The van der Waals surface area contributed by atoms with Crippen LogP contribution in [0.5, 0.6) is 0 Å². The van der Waals surface area contributed by atoms with Crippen molar-refractivity contribution in [3.8, 4) is 0 Å². The Morgan fingerprint density at radius 1 is 1.26 bits per heavy atom. The van der Waals surface area contributed by atoms with Gasteiger partial charge in [0.1, 0.15) is 16.2 Å². The maximum Gasteiger partial charge on any atom is 0.233 e. The summed E-state index contributed by atoms with van der Waals surface area (Å²) in [6.45, 7) is 4.49. The molecule has 0 saturated heterocycles. The largest absolute Gasteiger partial charge is 0.351 e. The van der Waals surface area contributed by atoms with E-state index in [0.717, 1.165) is 20.8 Å². The van der Waals surface area contributed by atoms with E-state index in [1.54, 1.807) is 17.7 Å². The minimum atomic E-state index is -0.210. The van der Waals surface area contributed by atoms with Crippen molar-refractivity contribution in [1.29, 1.82) is 0 Å². The Morgan fingerprint density at radius 3 is 2.83 bits per heavy atom. The summed E-state index contributed by atoms with van der Waals surface area (Å²) < 4.78 is 0. The molecule has 1 N–H and O–H groups in total. The first-order chi connectivity index (χ1) is 11.1. The minimum Gasteiger partial charge on any atom is -0.351 e. The number of fused-ring (bicyclic) bond motifs is 1. The molecule has 2 aromatic heterocycles. The molecule has 3 aromatic rings. The lowest BCUT2D eigenvalue weighted by atomic mass is 10.1. The van der Waals surface area contributed by atoms with Crippen molar-refractivity contribution in [3.63, 3.8) is 0 Å². The molecule has 6 heteroatoms. The van der Waals surface area contributed by atoms with Crippen molar-refractivity contribution in [2.45, 2.75) is 30.7 Å². The highest BCUT2D eigenvalue weighted by Crippen LogP contribution is 2.30. The highest BCUT2D eigenvalue weighted by molar-refractivity contribution is 8.00. The normalized spacial score (nSPS) is 12.3. The number of thiophene rings is 1. The molecule has 0 aliphatic carbocycles. The third-order valence-electron chi connectivity index (χ3n) is 3.47. The van der Waals surface area contributed by atoms with E-state index in [-0.39, 0.29) is 11.2 Å². The Bertz CT molecular complexity index is 814. The number of hydrogen-bond acceptors (Lipinski definition) is 5. The molecule has 0 saturated carbocycles. The van der Waals surface area contributed by atoms with Gasteiger partial charge in [0.05, 0.1) is 5.25 Å². The highest BCUT2D eigenvalue weighted by Gasteiger charge is 2.17. The molecule has 0 unspecified atom stereocenters. The van der Waals surface area contributed by atoms with Gasteiger partial charge < -0.3 is 5.32 Å². The molecule has 118 valence electrons. The number of nitrogens with zero attached hydrogens (tertiary/aromatic N) is 2. The summed E-state index contributed by atoms with van der Waals surface area (Å²) in [5.41, 5.74) is 2.32. The van der Waals surface area contributed by atoms with E-state index >= 15 is 0 Å². The average Bonchev–Trinajstić information content (AvgIpc) is 3.03. The molecular formula is C17H17N3OS2. The predicted octanol–water partition coefficient (Wildman–Crippen LogP) is 3.80. The maximum absolute atomic E-state index is 12.3. The Hall–Kier alpha value is -1.92. The first-order valence-corrected chi connectivity index (χ1v) is 9.07. The standard InChI is InChI=1S/C17H17N3OS2/c1-11-3-5-13(6-4-11)9-18-15(21)12(2)23-17-14-7-8-22-16(14)19-10-20-17/h3-8,10,12H,9H2,1-2H3,(H,18,21)/t12-/m1/s1. The molecular weight excluding hydrogens is 326 g/mol. The van der Waals surface area contributed by atoms with Crippen LogP contribution in [0.3, 0.4) is 0 Å². The first kappa shape index (κ1) is 16.0. The van der Waals surface area contributed by atoms with Crippen LogP contribution < -0.4 is 5.32 Å². The van der Waals surface area contributed by atoms with Gasteiger partial charge in [-0.3, -0.25) is 4.79 Å². The van der Waals surface area contributed by atoms with Gasteiger partial charge in [-0.05, 0) is 30.9 Å². The third-order valence-corrected chi connectivity index (χ3v) is 5.41. The Labute approximate surface area is 143 Å². The maximum atomic E-state index is 12.3. The zero-order valence-electron chi connectivity index (χ0n) is 12.9. The van der Waals surface area contributed by atoms with Gasteiger partial charge >= 0.3 is 0 Å². The van der Waals surface area contributed by atoms with E-state index in [1.165, 1.54) is 17.3 Å². The second-order valence-corrected chi connectivity index (χ2v) is 7.51. The number of carbonyl (C=O) groups excluding carboxylic acids is 1. The quantitative estimate of drug-likeness (QED) is 0.565. The van der Waals surface area contributed by atoms with Crippen LogP contribution in [-0.2, 0) is 11.3 Å². The van der Waals surface area contributed by atoms with Crippen LogP contribution in [0.25, 0.3) is 10.2 Å². The second kappa shape index (κ2) is 7.10. The van der Waals surface area contributed by atoms with E-state index in [4.69, 9.17) is 0 Å². The average molecular weight is 343 g/mol. The SMILES string of the molecule is Cc1ccc(CNC(=O)[C@@H](C)Sc2ncnc3sccc23)cc1. The number of aryl methyl sites for hydroxylation is 1. The van der Waals surface area contributed by atoms with Gasteiger partial charge in [0, 0.05) is 11.9 Å². The van der Waals surface area contributed by atoms with Crippen molar-refractivity contribution in [3.05, 3.63) is 53.2 Å². The van der Waals surface area contributed by atoms with Gasteiger partial charge in [-0.2, -0.15) is 0 Å². The summed E-state index contributed by atoms with van der Waals surface area (Å²) in [4.78, 5) is 21.8. The van der Waals surface area contributed by atoms with Gasteiger partial charge in [0.15, 0.2) is 0 Å². The lowest BCUT2D eigenvalue weighted by Gasteiger charge is -2.12. The van der Waals surface area contributed by atoms with Crippen LogP contribution in [0.2, 0.25) is 0 Å². The van der Waals surface area contributed by atoms with E-state index in [2.05, 4.69) is 15.3 Å². The topological polar surface area (TPSA) is 54.9 Å². The van der Waals surface area contributed by atoms with E-state index in [9.17, 15) is 4.79 Å². The van der Waals surface area contributed by atoms with Crippen LogP contribution in [-0.4, -0.2) is 21.1 Å². The molecule has 0 aliphatic rings. The number of benzene rings is 1. The highest BCUT2D eigenvalue weighted by atomic mass is 32.2. The molecule has 1 aromatic carbocycles. The smallest absolute Gasteiger partial charge is 0.233 e. The fourth-order valence-corrected chi connectivity index (χ4v) is 3.84. The zero-order chi connectivity index (χ0) is 16.2. The second-order valence-electron chi connectivity index (χ2n) is 5.28. The molecule has 3 rings (SSSR count). The number of amides is 1. The third kappa shape index (κ3) is 3.89. The Balaban J connectivity index is 1.61. The van der Waals surface area contributed by atoms with E-state index < -0.39 is 0 Å². The molecule has 1 amide bonds. The van der Waals surface area contributed by atoms with E-state index in [1.807, 2.05) is 49.6 Å². The molecule has 0 radical (unpaired) electrons. The van der Waals surface area contributed by atoms with Crippen LogP contribution in [0.4, 0.5) is 0 Å². The molecule has 0 spiro atoms. The number of carbonyl (C=O) groups is 1. The van der Waals surface area contributed by atoms with Crippen molar-refractivity contribution in [2.24, 2.45) is 0 Å². The summed E-state index contributed by atoms with van der Waals surface area (Å²) in [6.07, 6.45) is 1.55. The Morgan fingerprint density at radius 2 is 2.04 bits per heavy atom. The van der Waals surface area contributed by atoms with Gasteiger partial charge in [0.2, 0.25) is 5.91 Å². The summed E-state index contributed by atoms with van der Waals surface area (Å²) >= 11 is 3.05. The van der Waals surface area contributed by atoms with Crippen molar-refractivity contribution in [1.82, 2.24) is 15.3 Å². The number of hydrogen-bond donors (Lipinski definition) is 1. The van der Waals surface area contributed by atoms with Crippen molar-refractivity contribution < 1.29 is 4.79 Å². The number of thioether (sulfide) groups is 1. The molecule has 0 fully saturated rings.